The zero-order valence-corrected chi connectivity index (χ0v) is 20.4. The molecule has 1 atom stereocenters. The lowest BCUT2D eigenvalue weighted by Gasteiger charge is -2.37. The number of benzene rings is 3. The molecule has 1 aromatic heterocycles. The first kappa shape index (κ1) is 26.2. The van der Waals surface area contributed by atoms with E-state index in [1.165, 1.54) is 30.3 Å². The molecule has 9 heteroatoms. The van der Waals surface area contributed by atoms with Gasteiger partial charge in [-0.15, -0.1) is 0 Å². The topological polar surface area (TPSA) is 45.2 Å². The summed E-state index contributed by atoms with van der Waals surface area (Å²) in [4.78, 5) is 19.3. The minimum Gasteiger partial charge on any atom is -0.322 e. The van der Waals surface area contributed by atoms with Gasteiger partial charge in [0.15, 0.2) is 0 Å². The Morgan fingerprint density at radius 2 is 1.54 bits per heavy atom. The standard InChI is InChI=1S/C28H22ClF4N3O/c1-36(24-10-6-3-7-11-24)26(37)35-27(17-19-8-4-2-5-9-19,25-13-12-22(29)18-34-25)20-14-21(28(31,32)33)16-23(30)15-20/h2-16,18H,17H2,1H3,(H,35,37)/t27-/m1/s1. The minimum atomic E-state index is -4.81. The van der Waals surface area contributed by atoms with Crippen molar-refractivity contribution in [3.8, 4) is 0 Å². The molecule has 0 aliphatic carbocycles. The SMILES string of the molecule is CN(C(=O)N[C@](Cc1ccccc1)(c1cc(F)cc(C(F)(F)F)c1)c1ccc(Cl)cn1)c1ccccc1. The molecule has 0 saturated heterocycles. The van der Waals surface area contributed by atoms with E-state index >= 15 is 0 Å². The number of pyridine rings is 1. The van der Waals surface area contributed by atoms with Gasteiger partial charge >= 0.3 is 12.2 Å². The van der Waals surface area contributed by atoms with Crippen LogP contribution in [0.25, 0.3) is 0 Å². The van der Waals surface area contributed by atoms with Crippen LogP contribution in [-0.2, 0) is 18.1 Å². The molecule has 3 aromatic carbocycles. The maximum absolute atomic E-state index is 14.7. The Balaban J connectivity index is 1.94. The molecule has 0 fully saturated rings. The van der Waals surface area contributed by atoms with Crippen molar-refractivity contribution in [3.05, 3.63) is 130 Å². The van der Waals surface area contributed by atoms with Crippen molar-refractivity contribution >= 4 is 23.3 Å². The van der Waals surface area contributed by atoms with Crippen LogP contribution < -0.4 is 10.2 Å². The van der Waals surface area contributed by atoms with Gasteiger partial charge in [-0.1, -0.05) is 60.1 Å². The molecular formula is C28H22ClF4N3O. The number of carbonyl (C=O) groups excluding carboxylic acids is 1. The van der Waals surface area contributed by atoms with Crippen LogP contribution in [0.3, 0.4) is 0 Å². The van der Waals surface area contributed by atoms with E-state index in [0.717, 1.165) is 12.1 Å². The first-order valence-corrected chi connectivity index (χ1v) is 11.6. The number of alkyl halides is 3. The van der Waals surface area contributed by atoms with Crippen molar-refractivity contribution in [3.63, 3.8) is 0 Å². The summed E-state index contributed by atoms with van der Waals surface area (Å²) in [6.07, 6.45) is -3.50. The lowest BCUT2D eigenvalue weighted by Crippen LogP contribution is -2.53. The fourth-order valence-electron chi connectivity index (χ4n) is 4.09. The zero-order valence-electron chi connectivity index (χ0n) is 19.6. The largest absolute Gasteiger partial charge is 0.416 e. The van der Waals surface area contributed by atoms with Gasteiger partial charge in [0.2, 0.25) is 0 Å². The summed E-state index contributed by atoms with van der Waals surface area (Å²) in [6.45, 7) is 0. The minimum absolute atomic E-state index is 0.0163. The molecule has 0 radical (unpaired) electrons. The lowest BCUT2D eigenvalue weighted by molar-refractivity contribution is -0.137. The van der Waals surface area contributed by atoms with Gasteiger partial charge < -0.3 is 5.32 Å². The number of carbonyl (C=O) groups is 1. The average Bonchev–Trinajstić information content (AvgIpc) is 2.88. The predicted octanol–water partition coefficient (Wildman–Crippen LogP) is 7.23. The number of anilines is 1. The molecule has 4 aromatic rings. The molecular weight excluding hydrogens is 506 g/mol. The molecule has 0 saturated carbocycles. The number of hydrogen-bond donors (Lipinski definition) is 1. The highest BCUT2D eigenvalue weighted by Gasteiger charge is 2.41. The van der Waals surface area contributed by atoms with Gasteiger partial charge in [-0.05, 0) is 53.6 Å². The van der Waals surface area contributed by atoms with E-state index in [1.807, 2.05) is 0 Å². The van der Waals surface area contributed by atoms with Crippen LogP contribution in [0.15, 0.2) is 97.2 Å². The van der Waals surface area contributed by atoms with Gasteiger partial charge in [0.25, 0.3) is 0 Å². The third-order valence-electron chi connectivity index (χ3n) is 5.96. The van der Waals surface area contributed by atoms with Gasteiger partial charge in [0, 0.05) is 25.4 Å². The van der Waals surface area contributed by atoms with Crippen LogP contribution >= 0.6 is 11.6 Å². The second-order valence-corrected chi connectivity index (χ2v) is 8.92. The maximum atomic E-state index is 14.7. The Bertz CT molecular complexity index is 1370. The van der Waals surface area contributed by atoms with E-state index in [9.17, 15) is 22.4 Å². The van der Waals surface area contributed by atoms with Crippen molar-refractivity contribution in [2.75, 3.05) is 11.9 Å². The van der Waals surface area contributed by atoms with Gasteiger partial charge in [-0.25, -0.2) is 9.18 Å². The summed E-state index contributed by atoms with van der Waals surface area (Å²) in [5.74, 6) is -1.10. The Morgan fingerprint density at radius 3 is 2.14 bits per heavy atom. The second kappa shape index (κ2) is 10.6. The molecule has 1 N–H and O–H groups in total. The number of halogens is 5. The van der Waals surface area contributed by atoms with E-state index in [4.69, 9.17) is 11.6 Å². The van der Waals surface area contributed by atoms with Crippen LogP contribution in [0.5, 0.6) is 0 Å². The number of aromatic nitrogens is 1. The van der Waals surface area contributed by atoms with Crippen molar-refractivity contribution in [2.45, 2.75) is 18.1 Å². The van der Waals surface area contributed by atoms with E-state index in [0.29, 0.717) is 22.3 Å². The quantitative estimate of drug-likeness (QED) is 0.269. The number of nitrogens with zero attached hydrogens (tertiary/aromatic N) is 2. The number of hydrogen-bond acceptors (Lipinski definition) is 2. The molecule has 4 rings (SSSR count). The molecule has 0 aliphatic rings. The highest BCUT2D eigenvalue weighted by atomic mass is 35.5. The number of urea groups is 1. The monoisotopic (exact) mass is 527 g/mol. The van der Waals surface area contributed by atoms with Crippen molar-refractivity contribution in [1.82, 2.24) is 10.3 Å². The van der Waals surface area contributed by atoms with E-state index in [2.05, 4.69) is 10.3 Å². The molecule has 1 heterocycles. The highest BCUT2D eigenvalue weighted by Crippen LogP contribution is 2.38. The summed E-state index contributed by atoms with van der Waals surface area (Å²) in [6, 6.07) is 22.2. The van der Waals surface area contributed by atoms with Crippen LogP contribution in [0.4, 0.5) is 28.0 Å². The number of nitrogens with one attached hydrogen (secondary N) is 1. The maximum Gasteiger partial charge on any atom is 0.416 e. The first-order valence-electron chi connectivity index (χ1n) is 11.2. The molecule has 0 spiro atoms. The van der Waals surface area contributed by atoms with Gasteiger partial charge in [-0.2, -0.15) is 13.2 Å². The third kappa shape index (κ3) is 5.91. The van der Waals surface area contributed by atoms with E-state index in [1.54, 1.807) is 60.7 Å². The van der Waals surface area contributed by atoms with E-state index < -0.39 is 29.1 Å². The summed E-state index contributed by atoms with van der Waals surface area (Å²) in [5.41, 5.74) is -1.57. The summed E-state index contributed by atoms with van der Waals surface area (Å²) in [7, 11) is 1.53. The third-order valence-corrected chi connectivity index (χ3v) is 6.19. The van der Waals surface area contributed by atoms with Crippen molar-refractivity contribution in [2.24, 2.45) is 0 Å². The first-order chi connectivity index (χ1) is 17.6. The Morgan fingerprint density at radius 1 is 0.919 bits per heavy atom. The number of para-hydroxylation sites is 1. The number of amides is 2. The molecule has 0 unspecified atom stereocenters. The molecule has 37 heavy (non-hydrogen) atoms. The molecule has 0 aliphatic heterocycles. The molecule has 0 bridgehead atoms. The molecule has 4 nitrogen and oxygen atoms in total. The van der Waals surface area contributed by atoms with Crippen LogP contribution in [0.1, 0.15) is 22.4 Å². The van der Waals surface area contributed by atoms with Crippen molar-refractivity contribution < 1.29 is 22.4 Å². The van der Waals surface area contributed by atoms with Gasteiger partial charge in [0.05, 0.1) is 16.3 Å². The van der Waals surface area contributed by atoms with Crippen molar-refractivity contribution in [1.29, 1.82) is 0 Å². The van der Waals surface area contributed by atoms with Gasteiger partial charge in [-0.3, -0.25) is 9.88 Å². The number of rotatable bonds is 6. The Kier molecular flexibility index (Phi) is 7.50. The summed E-state index contributed by atoms with van der Waals surface area (Å²) in [5, 5.41) is 3.17. The fraction of sp³-hybridized carbons (Fsp3) is 0.143. The zero-order chi connectivity index (χ0) is 26.6. The smallest absolute Gasteiger partial charge is 0.322 e. The van der Waals surface area contributed by atoms with Crippen LogP contribution in [0, 0.1) is 5.82 Å². The summed E-state index contributed by atoms with van der Waals surface area (Å²) >= 11 is 6.05. The lowest BCUT2D eigenvalue weighted by atomic mass is 9.79. The highest BCUT2D eigenvalue weighted by molar-refractivity contribution is 6.30. The molecule has 190 valence electrons. The Labute approximate surface area is 216 Å². The second-order valence-electron chi connectivity index (χ2n) is 8.48. The summed E-state index contributed by atoms with van der Waals surface area (Å²) < 4.78 is 55.9. The Hall–Kier alpha value is -3.91. The molecule has 2 amide bonds. The van der Waals surface area contributed by atoms with Crippen LogP contribution in [-0.4, -0.2) is 18.1 Å². The van der Waals surface area contributed by atoms with Crippen LogP contribution in [0.2, 0.25) is 5.02 Å². The predicted molar refractivity (Wildman–Crippen MR) is 135 cm³/mol. The fourth-order valence-corrected chi connectivity index (χ4v) is 4.20. The normalized spacial score (nSPS) is 13.0. The van der Waals surface area contributed by atoms with Gasteiger partial charge in [0.1, 0.15) is 11.4 Å². The average molecular weight is 528 g/mol. The van der Waals surface area contributed by atoms with E-state index in [-0.39, 0.29) is 17.7 Å².